The summed E-state index contributed by atoms with van der Waals surface area (Å²) in [5.74, 6) is -1.53. The van der Waals surface area contributed by atoms with E-state index in [0.29, 0.717) is 6.42 Å². The van der Waals surface area contributed by atoms with Crippen LogP contribution in [0.15, 0.2) is 36.5 Å². The first-order valence-corrected chi connectivity index (χ1v) is 12.2. The van der Waals surface area contributed by atoms with Crippen LogP contribution in [-0.2, 0) is 14.3 Å². The summed E-state index contributed by atoms with van der Waals surface area (Å²) in [6.45, 7) is 9.87. The van der Waals surface area contributed by atoms with Gasteiger partial charge in [-0.25, -0.2) is 4.79 Å². The lowest BCUT2D eigenvalue weighted by atomic mass is 9.46. The van der Waals surface area contributed by atoms with Gasteiger partial charge in [0.05, 0.1) is 18.8 Å². The minimum atomic E-state index is -1.82. The fourth-order valence-corrected chi connectivity index (χ4v) is 6.91. The molecule has 12 atom stereocenters. The van der Waals surface area contributed by atoms with Gasteiger partial charge in [0.1, 0.15) is 18.3 Å². The minimum Gasteiger partial charge on any atom is -0.479 e. The van der Waals surface area contributed by atoms with Crippen molar-refractivity contribution in [1.29, 1.82) is 0 Å². The first-order chi connectivity index (χ1) is 16.3. The molecule has 0 aromatic carbocycles. The summed E-state index contributed by atoms with van der Waals surface area (Å²) in [7, 11) is 0. The number of carboxylic acids is 1. The van der Waals surface area contributed by atoms with E-state index in [4.69, 9.17) is 9.47 Å². The third kappa shape index (κ3) is 4.21. The SMILES string of the molecule is C=CC1(C)C=C2C=CC3C(C)(CC(O)C(O)C3(C)COC3OC(C(=O)O)C(O)C(O)C3O)C2CC1. The summed E-state index contributed by atoms with van der Waals surface area (Å²) < 4.78 is 11.1. The van der Waals surface area contributed by atoms with Crippen LogP contribution in [0.3, 0.4) is 0 Å². The van der Waals surface area contributed by atoms with Gasteiger partial charge in [-0.05, 0) is 42.1 Å². The van der Waals surface area contributed by atoms with Crippen LogP contribution in [0.4, 0.5) is 0 Å². The average molecular weight is 495 g/mol. The maximum atomic E-state index is 11.4. The van der Waals surface area contributed by atoms with Gasteiger partial charge in [-0.15, -0.1) is 6.58 Å². The van der Waals surface area contributed by atoms with Gasteiger partial charge >= 0.3 is 5.97 Å². The Morgan fingerprint density at radius 3 is 2.49 bits per heavy atom. The number of fused-ring (bicyclic) bond motifs is 3. The largest absolute Gasteiger partial charge is 0.479 e. The van der Waals surface area contributed by atoms with E-state index in [-0.39, 0.29) is 29.3 Å². The van der Waals surface area contributed by atoms with Crippen LogP contribution in [0.1, 0.15) is 40.0 Å². The molecule has 0 radical (unpaired) electrons. The number of hydrogen-bond acceptors (Lipinski definition) is 8. The van der Waals surface area contributed by atoms with Crippen LogP contribution in [0, 0.1) is 28.1 Å². The molecule has 6 N–H and O–H groups in total. The lowest BCUT2D eigenvalue weighted by Gasteiger charge is -2.60. The van der Waals surface area contributed by atoms with E-state index in [1.165, 1.54) is 5.57 Å². The van der Waals surface area contributed by atoms with Crippen molar-refractivity contribution in [2.75, 3.05) is 6.61 Å². The molecular weight excluding hydrogens is 456 g/mol. The minimum absolute atomic E-state index is 0.0981. The van der Waals surface area contributed by atoms with Gasteiger partial charge < -0.3 is 40.1 Å². The van der Waals surface area contributed by atoms with Crippen LogP contribution in [0.2, 0.25) is 0 Å². The highest BCUT2D eigenvalue weighted by atomic mass is 16.7. The fraction of sp³-hybridized carbons (Fsp3) is 0.731. The van der Waals surface area contributed by atoms with Gasteiger partial charge in [0.2, 0.25) is 0 Å². The first kappa shape index (κ1) is 26.5. The molecule has 9 heteroatoms. The number of aliphatic hydroxyl groups is 5. The maximum Gasteiger partial charge on any atom is 0.335 e. The molecule has 1 saturated carbocycles. The molecule has 0 bridgehead atoms. The number of carbonyl (C=O) groups is 1. The van der Waals surface area contributed by atoms with Gasteiger partial charge in [-0.1, -0.05) is 45.1 Å². The summed E-state index contributed by atoms with van der Waals surface area (Å²) in [5, 5.41) is 61.8. The Kier molecular flexibility index (Phi) is 6.85. The highest BCUT2D eigenvalue weighted by Crippen LogP contribution is 2.62. The molecule has 3 aliphatic carbocycles. The molecule has 35 heavy (non-hydrogen) atoms. The third-order valence-corrected chi connectivity index (χ3v) is 9.10. The number of carboxylic acid groups (broad SMARTS) is 1. The zero-order valence-corrected chi connectivity index (χ0v) is 20.4. The second-order valence-electron chi connectivity index (χ2n) is 11.6. The third-order valence-electron chi connectivity index (χ3n) is 9.10. The Morgan fingerprint density at radius 1 is 1.17 bits per heavy atom. The Morgan fingerprint density at radius 2 is 1.86 bits per heavy atom. The topological polar surface area (TPSA) is 157 Å². The summed E-state index contributed by atoms with van der Waals surface area (Å²) >= 11 is 0. The molecule has 0 spiro atoms. The van der Waals surface area contributed by atoms with Crippen LogP contribution < -0.4 is 0 Å². The summed E-state index contributed by atoms with van der Waals surface area (Å²) in [4.78, 5) is 11.4. The van der Waals surface area contributed by atoms with Crippen molar-refractivity contribution >= 4 is 5.97 Å². The highest BCUT2D eigenvalue weighted by molar-refractivity contribution is 5.73. The number of aliphatic hydroxyl groups excluding tert-OH is 5. The van der Waals surface area contributed by atoms with Gasteiger partial charge in [0.15, 0.2) is 12.4 Å². The van der Waals surface area contributed by atoms with E-state index in [9.17, 15) is 35.4 Å². The molecule has 1 aliphatic heterocycles. The van der Waals surface area contributed by atoms with E-state index < -0.39 is 54.3 Å². The first-order valence-electron chi connectivity index (χ1n) is 12.2. The van der Waals surface area contributed by atoms with Crippen molar-refractivity contribution in [2.24, 2.45) is 28.1 Å². The zero-order valence-electron chi connectivity index (χ0n) is 20.4. The molecule has 0 aromatic rings. The van der Waals surface area contributed by atoms with Gasteiger partial charge in [-0.3, -0.25) is 0 Å². The van der Waals surface area contributed by atoms with Gasteiger partial charge in [0, 0.05) is 10.8 Å². The van der Waals surface area contributed by atoms with Crippen molar-refractivity contribution < 1.29 is 44.9 Å². The average Bonchev–Trinajstić information content (AvgIpc) is 2.80. The number of hydrogen-bond donors (Lipinski definition) is 6. The number of rotatable bonds is 5. The Bertz CT molecular complexity index is 916. The molecule has 2 fully saturated rings. The number of allylic oxidation sites excluding steroid dienone is 5. The normalized spacial score (nSPS) is 51.7. The van der Waals surface area contributed by atoms with Crippen molar-refractivity contribution in [3.63, 3.8) is 0 Å². The van der Waals surface area contributed by atoms with Gasteiger partial charge in [0.25, 0.3) is 0 Å². The maximum absolute atomic E-state index is 11.4. The van der Waals surface area contributed by atoms with Crippen LogP contribution in [0.5, 0.6) is 0 Å². The standard InChI is InChI=1S/C26H38O9/c1-5-24(2)9-8-14-13(10-24)6-7-16-25(14,3)11-15(27)21(31)26(16,4)12-34-23-19(30)17(28)18(29)20(35-23)22(32)33/h5-7,10,14-21,23,27-31H,1,8-9,11-12H2,2-4H3,(H,32,33). The van der Waals surface area contributed by atoms with E-state index in [2.05, 4.69) is 32.6 Å². The van der Waals surface area contributed by atoms with Crippen molar-refractivity contribution in [3.8, 4) is 0 Å². The lowest BCUT2D eigenvalue weighted by Crippen LogP contribution is -2.64. The highest BCUT2D eigenvalue weighted by Gasteiger charge is 2.61. The second kappa shape index (κ2) is 9.06. The lowest BCUT2D eigenvalue weighted by molar-refractivity contribution is -0.307. The Balaban J connectivity index is 1.62. The van der Waals surface area contributed by atoms with Crippen molar-refractivity contribution in [3.05, 3.63) is 36.5 Å². The Labute approximate surface area is 205 Å². The number of aliphatic carboxylic acids is 1. The molecule has 12 unspecified atom stereocenters. The summed E-state index contributed by atoms with van der Waals surface area (Å²) in [5.41, 5.74) is -0.294. The smallest absolute Gasteiger partial charge is 0.335 e. The molecule has 4 aliphatic rings. The molecule has 4 rings (SSSR count). The summed E-state index contributed by atoms with van der Waals surface area (Å²) in [6, 6.07) is 0. The van der Waals surface area contributed by atoms with Crippen LogP contribution in [-0.4, -0.2) is 86.1 Å². The molecule has 1 heterocycles. The molecule has 196 valence electrons. The van der Waals surface area contributed by atoms with E-state index in [0.717, 1.165) is 12.8 Å². The Hall–Kier alpha value is -1.59. The van der Waals surface area contributed by atoms with E-state index in [1.807, 2.05) is 12.2 Å². The van der Waals surface area contributed by atoms with Crippen molar-refractivity contribution in [1.82, 2.24) is 0 Å². The zero-order chi connectivity index (χ0) is 25.9. The quantitative estimate of drug-likeness (QED) is 0.304. The van der Waals surface area contributed by atoms with Gasteiger partial charge in [-0.2, -0.15) is 0 Å². The van der Waals surface area contributed by atoms with Crippen LogP contribution >= 0.6 is 0 Å². The predicted octanol–water partition coefficient (Wildman–Crippen LogP) is 0.748. The molecule has 0 aromatic heterocycles. The van der Waals surface area contributed by atoms with Crippen LogP contribution in [0.25, 0.3) is 0 Å². The second-order valence-corrected chi connectivity index (χ2v) is 11.6. The molecule has 1 saturated heterocycles. The molecular formula is C26H38O9. The van der Waals surface area contributed by atoms with Crippen molar-refractivity contribution in [2.45, 2.75) is 82.9 Å². The molecule has 9 nitrogen and oxygen atoms in total. The van der Waals surface area contributed by atoms with E-state index in [1.54, 1.807) is 6.92 Å². The predicted molar refractivity (Wildman–Crippen MR) is 125 cm³/mol. The monoisotopic (exact) mass is 494 g/mol. The molecule has 0 amide bonds. The summed E-state index contributed by atoms with van der Waals surface area (Å²) in [6.07, 6.45) is -0.203. The fourth-order valence-electron chi connectivity index (χ4n) is 6.91. The number of ether oxygens (including phenoxy) is 2. The van der Waals surface area contributed by atoms with E-state index >= 15 is 0 Å².